The molecule has 2 heterocycles. The molecule has 2 aliphatic rings. The predicted molar refractivity (Wildman–Crippen MR) is 62.1 cm³/mol. The van der Waals surface area contributed by atoms with E-state index >= 15 is 0 Å². The number of hydrogen-bond acceptors (Lipinski definition) is 3. The summed E-state index contributed by atoms with van der Waals surface area (Å²) in [5.74, 6) is -0.264. The highest BCUT2D eigenvalue weighted by atomic mass is 16.5. The predicted octanol–water partition coefficient (Wildman–Crippen LogP) is 2.07. The van der Waals surface area contributed by atoms with Crippen molar-refractivity contribution in [1.29, 1.82) is 0 Å². The van der Waals surface area contributed by atoms with Crippen molar-refractivity contribution in [2.24, 2.45) is 5.92 Å². The Morgan fingerprint density at radius 2 is 2.12 bits per heavy atom. The zero-order valence-electron chi connectivity index (χ0n) is 9.41. The molecule has 3 heteroatoms. The van der Waals surface area contributed by atoms with E-state index in [1.165, 1.54) is 0 Å². The Morgan fingerprint density at radius 3 is 2.76 bits per heavy atom. The second kappa shape index (κ2) is 4.34. The smallest absolute Gasteiger partial charge is 0.312 e. The van der Waals surface area contributed by atoms with Gasteiger partial charge in [-0.15, -0.1) is 0 Å². The molecule has 0 aliphatic carbocycles. The summed E-state index contributed by atoms with van der Waals surface area (Å²) in [4.78, 5) is 11.9. The molecule has 0 radical (unpaired) electrons. The van der Waals surface area contributed by atoms with Crippen LogP contribution in [0.2, 0.25) is 0 Å². The normalized spacial score (nSPS) is 29.5. The van der Waals surface area contributed by atoms with Crippen LogP contribution in [0.3, 0.4) is 0 Å². The molecule has 0 aromatic heterocycles. The summed E-state index contributed by atoms with van der Waals surface area (Å²) < 4.78 is 10.9. The second-order valence-corrected chi connectivity index (χ2v) is 4.46. The lowest BCUT2D eigenvalue weighted by molar-refractivity contribution is -0.150. The van der Waals surface area contributed by atoms with E-state index in [1.54, 1.807) is 0 Å². The minimum absolute atomic E-state index is 0.0664. The zero-order valence-corrected chi connectivity index (χ0v) is 9.41. The van der Waals surface area contributed by atoms with Gasteiger partial charge in [-0.1, -0.05) is 42.5 Å². The molecular formula is C14H14O3. The molecule has 3 nitrogen and oxygen atoms in total. The third-order valence-corrected chi connectivity index (χ3v) is 3.26. The van der Waals surface area contributed by atoms with Gasteiger partial charge < -0.3 is 9.47 Å². The number of esters is 1. The minimum atomic E-state index is -0.147. The fourth-order valence-electron chi connectivity index (χ4n) is 2.34. The average Bonchev–Trinajstić information content (AvgIpc) is 2.99. The van der Waals surface area contributed by atoms with E-state index in [4.69, 9.17) is 9.47 Å². The van der Waals surface area contributed by atoms with Gasteiger partial charge >= 0.3 is 5.97 Å². The number of carbonyl (C=O) groups excluding carboxylic acids is 1. The summed E-state index contributed by atoms with van der Waals surface area (Å²) in [5.41, 5.74) is 1.01. The molecule has 2 aliphatic heterocycles. The van der Waals surface area contributed by atoms with Crippen LogP contribution in [0.1, 0.15) is 12.0 Å². The van der Waals surface area contributed by atoms with Gasteiger partial charge in [0.15, 0.2) is 0 Å². The lowest BCUT2D eigenvalue weighted by Gasteiger charge is -2.14. The van der Waals surface area contributed by atoms with Gasteiger partial charge in [-0.3, -0.25) is 4.79 Å². The highest BCUT2D eigenvalue weighted by Gasteiger charge is 2.41. The molecule has 17 heavy (non-hydrogen) atoms. The first kappa shape index (κ1) is 10.5. The van der Waals surface area contributed by atoms with Crippen LogP contribution in [0, 0.1) is 5.92 Å². The molecule has 88 valence electrons. The topological polar surface area (TPSA) is 35.5 Å². The molecule has 0 spiro atoms. The first-order valence-corrected chi connectivity index (χ1v) is 5.87. The highest BCUT2D eigenvalue weighted by Crippen LogP contribution is 2.34. The minimum Gasteiger partial charge on any atom is -0.461 e. The van der Waals surface area contributed by atoms with Crippen LogP contribution in [0.5, 0.6) is 0 Å². The van der Waals surface area contributed by atoms with Crippen LogP contribution in [0.15, 0.2) is 42.5 Å². The van der Waals surface area contributed by atoms with Crippen LogP contribution in [0.25, 0.3) is 0 Å². The van der Waals surface area contributed by atoms with Gasteiger partial charge in [0, 0.05) is 0 Å². The highest BCUT2D eigenvalue weighted by molar-refractivity contribution is 5.74. The lowest BCUT2D eigenvalue weighted by Crippen LogP contribution is -2.25. The quantitative estimate of drug-likeness (QED) is 0.589. The molecule has 1 aromatic rings. The summed E-state index contributed by atoms with van der Waals surface area (Å²) in [6, 6.07) is 9.72. The third kappa shape index (κ3) is 2.11. The number of rotatable bonds is 3. The Bertz CT molecular complexity index is 438. The van der Waals surface area contributed by atoms with Crippen molar-refractivity contribution < 1.29 is 14.3 Å². The summed E-state index contributed by atoms with van der Waals surface area (Å²) in [6.45, 7) is 0.345. The standard InChI is InChI=1S/C14H14O3/c15-14(12-8-11-6-7-13(12)17-11)16-9-10-4-2-1-3-5-10/h1-7,11-13H,8-9H2/t11-,12-,13+/m1/s1. The Balaban J connectivity index is 1.56. The monoisotopic (exact) mass is 230 g/mol. The molecule has 0 N–H and O–H groups in total. The van der Waals surface area contributed by atoms with Gasteiger partial charge in [-0.2, -0.15) is 0 Å². The maximum Gasteiger partial charge on any atom is 0.312 e. The molecule has 3 atom stereocenters. The zero-order chi connectivity index (χ0) is 11.7. The molecule has 1 saturated heterocycles. The molecular weight excluding hydrogens is 216 g/mol. The van der Waals surface area contributed by atoms with Gasteiger partial charge in [-0.05, 0) is 12.0 Å². The number of benzene rings is 1. The number of carbonyl (C=O) groups is 1. The fourth-order valence-corrected chi connectivity index (χ4v) is 2.34. The van der Waals surface area contributed by atoms with Crippen molar-refractivity contribution in [2.45, 2.75) is 25.2 Å². The summed E-state index contributed by atoms with van der Waals surface area (Å²) in [5, 5.41) is 0. The van der Waals surface area contributed by atoms with Crippen molar-refractivity contribution in [1.82, 2.24) is 0 Å². The third-order valence-electron chi connectivity index (χ3n) is 3.26. The second-order valence-electron chi connectivity index (χ2n) is 4.46. The van der Waals surface area contributed by atoms with Crippen molar-refractivity contribution in [3.63, 3.8) is 0 Å². The van der Waals surface area contributed by atoms with Gasteiger partial charge in [0.1, 0.15) is 6.61 Å². The summed E-state index contributed by atoms with van der Waals surface area (Å²) >= 11 is 0. The van der Waals surface area contributed by atoms with Crippen LogP contribution < -0.4 is 0 Å². The van der Waals surface area contributed by atoms with Gasteiger partial charge in [0.25, 0.3) is 0 Å². The molecule has 1 aromatic carbocycles. The van der Waals surface area contributed by atoms with Crippen molar-refractivity contribution in [3.8, 4) is 0 Å². The maximum atomic E-state index is 11.9. The largest absolute Gasteiger partial charge is 0.461 e. The number of ether oxygens (including phenoxy) is 2. The Kier molecular flexibility index (Phi) is 2.69. The van der Waals surface area contributed by atoms with Crippen LogP contribution >= 0.6 is 0 Å². The molecule has 0 unspecified atom stereocenters. The molecule has 2 bridgehead atoms. The number of hydrogen-bond donors (Lipinski definition) is 0. The van der Waals surface area contributed by atoms with Gasteiger partial charge in [-0.25, -0.2) is 0 Å². The first-order chi connectivity index (χ1) is 8.33. The van der Waals surface area contributed by atoms with Crippen LogP contribution in [-0.4, -0.2) is 18.2 Å². The Hall–Kier alpha value is -1.61. The van der Waals surface area contributed by atoms with E-state index in [2.05, 4.69) is 0 Å². The van der Waals surface area contributed by atoms with Crippen molar-refractivity contribution in [2.75, 3.05) is 0 Å². The fraction of sp³-hybridized carbons (Fsp3) is 0.357. The van der Waals surface area contributed by atoms with E-state index < -0.39 is 0 Å². The molecule has 0 saturated carbocycles. The van der Waals surface area contributed by atoms with E-state index in [0.717, 1.165) is 12.0 Å². The van der Waals surface area contributed by atoms with Crippen molar-refractivity contribution >= 4 is 5.97 Å². The molecule has 3 rings (SSSR count). The van der Waals surface area contributed by atoms with E-state index in [1.807, 2.05) is 42.5 Å². The average molecular weight is 230 g/mol. The molecule has 0 amide bonds. The van der Waals surface area contributed by atoms with E-state index in [9.17, 15) is 4.79 Å². The Labute approximate surface area is 100 Å². The van der Waals surface area contributed by atoms with E-state index in [0.29, 0.717) is 6.61 Å². The SMILES string of the molecule is O=C(OCc1ccccc1)[C@@H]1C[C@H]2C=C[C@@H]1O2. The van der Waals surface area contributed by atoms with Gasteiger partial charge in [0.2, 0.25) is 0 Å². The van der Waals surface area contributed by atoms with Gasteiger partial charge in [0.05, 0.1) is 18.1 Å². The van der Waals surface area contributed by atoms with Crippen LogP contribution in [0.4, 0.5) is 0 Å². The van der Waals surface area contributed by atoms with E-state index in [-0.39, 0.29) is 24.1 Å². The molecule has 1 fully saturated rings. The number of fused-ring (bicyclic) bond motifs is 2. The summed E-state index contributed by atoms with van der Waals surface area (Å²) in [6.07, 6.45) is 4.79. The maximum absolute atomic E-state index is 11.9. The Morgan fingerprint density at radius 1 is 1.29 bits per heavy atom. The van der Waals surface area contributed by atoms with Crippen LogP contribution in [-0.2, 0) is 20.9 Å². The van der Waals surface area contributed by atoms with Crippen molar-refractivity contribution in [3.05, 3.63) is 48.0 Å². The lowest BCUT2D eigenvalue weighted by atomic mass is 9.95. The summed E-state index contributed by atoms with van der Waals surface area (Å²) in [7, 11) is 0. The first-order valence-electron chi connectivity index (χ1n) is 5.87.